The lowest BCUT2D eigenvalue weighted by molar-refractivity contribution is -0.137. The summed E-state index contributed by atoms with van der Waals surface area (Å²) in [6.45, 7) is 0.583. The Labute approximate surface area is 98.2 Å². The summed E-state index contributed by atoms with van der Waals surface area (Å²) in [4.78, 5) is 3.77. The largest absolute Gasteiger partial charge is 0.419 e. The van der Waals surface area contributed by atoms with Crippen LogP contribution in [0.25, 0.3) is 0 Å². The molecule has 0 amide bonds. The van der Waals surface area contributed by atoms with Crippen LogP contribution in [0, 0.1) is 5.92 Å². The number of hydrogen-bond donors (Lipinski definition) is 1. The minimum atomic E-state index is -4.34. The second kappa shape index (κ2) is 4.94. The first-order valence-electron chi connectivity index (χ1n) is 5.83. The van der Waals surface area contributed by atoms with Crippen molar-refractivity contribution in [2.24, 2.45) is 5.92 Å². The van der Waals surface area contributed by atoms with Crippen LogP contribution in [-0.4, -0.2) is 11.5 Å². The zero-order valence-corrected chi connectivity index (χ0v) is 9.43. The summed E-state index contributed by atoms with van der Waals surface area (Å²) in [6.07, 6.45) is 1.60. The molecule has 0 bridgehead atoms. The molecule has 0 spiro atoms. The number of rotatable bonds is 3. The molecule has 1 N–H and O–H groups in total. The van der Waals surface area contributed by atoms with Crippen molar-refractivity contribution in [3.63, 3.8) is 0 Å². The topological polar surface area (TPSA) is 24.9 Å². The fourth-order valence-electron chi connectivity index (χ4n) is 2.23. The van der Waals surface area contributed by atoms with E-state index < -0.39 is 11.7 Å². The SMILES string of the molecule is FC(F)(F)c1cccnc1NCC1CCCC1. The minimum Gasteiger partial charge on any atom is -0.369 e. The normalized spacial score (nSPS) is 17.4. The molecule has 1 aliphatic rings. The van der Waals surface area contributed by atoms with Crippen molar-refractivity contribution in [2.75, 3.05) is 11.9 Å². The van der Waals surface area contributed by atoms with Gasteiger partial charge in [-0.05, 0) is 30.9 Å². The highest BCUT2D eigenvalue weighted by Gasteiger charge is 2.34. The van der Waals surface area contributed by atoms with Gasteiger partial charge in [-0.3, -0.25) is 0 Å². The van der Waals surface area contributed by atoms with Gasteiger partial charge in [-0.2, -0.15) is 13.2 Å². The van der Waals surface area contributed by atoms with E-state index in [0.29, 0.717) is 12.5 Å². The van der Waals surface area contributed by atoms with Crippen molar-refractivity contribution in [1.29, 1.82) is 0 Å². The van der Waals surface area contributed by atoms with Crippen LogP contribution in [0.1, 0.15) is 31.2 Å². The van der Waals surface area contributed by atoms with Crippen molar-refractivity contribution in [2.45, 2.75) is 31.9 Å². The summed E-state index contributed by atoms with van der Waals surface area (Å²) in [5, 5.41) is 2.83. The first kappa shape index (κ1) is 12.2. The lowest BCUT2D eigenvalue weighted by atomic mass is 10.1. The van der Waals surface area contributed by atoms with Crippen molar-refractivity contribution in [1.82, 2.24) is 4.98 Å². The molecule has 2 rings (SSSR count). The van der Waals surface area contributed by atoms with Gasteiger partial charge >= 0.3 is 6.18 Å². The Hall–Kier alpha value is -1.26. The highest BCUT2D eigenvalue weighted by molar-refractivity contribution is 5.45. The molecule has 0 aliphatic heterocycles. The second-order valence-corrected chi connectivity index (χ2v) is 4.43. The molecule has 1 saturated carbocycles. The van der Waals surface area contributed by atoms with Gasteiger partial charge in [0.2, 0.25) is 0 Å². The van der Waals surface area contributed by atoms with Crippen molar-refractivity contribution in [3.8, 4) is 0 Å². The quantitative estimate of drug-likeness (QED) is 0.876. The summed E-state index contributed by atoms with van der Waals surface area (Å²) in [6, 6.07) is 2.37. The van der Waals surface area contributed by atoms with Crippen LogP contribution in [0.5, 0.6) is 0 Å². The monoisotopic (exact) mass is 244 g/mol. The summed E-state index contributed by atoms with van der Waals surface area (Å²) in [5.74, 6) is 0.435. The molecule has 0 atom stereocenters. The smallest absolute Gasteiger partial charge is 0.369 e. The zero-order chi connectivity index (χ0) is 12.3. The molecule has 0 aromatic carbocycles. The van der Waals surface area contributed by atoms with Gasteiger partial charge in [0.05, 0.1) is 5.56 Å². The summed E-state index contributed by atoms with van der Waals surface area (Å²) in [7, 11) is 0. The van der Waals surface area contributed by atoms with Crippen LogP contribution in [0.3, 0.4) is 0 Å². The van der Waals surface area contributed by atoms with Crippen molar-refractivity contribution >= 4 is 5.82 Å². The molecule has 0 radical (unpaired) electrons. The third kappa shape index (κ3) is 3.11. The van der Waals surface area contributed by atoms with Gasteiger partial charge in [0.25, 0.3) is 0 Å². The minimum absolute atomic E-state index is 0.0492. The van der Waals surface area contributed by atoms with E-state index >= 15 is 0 Å². The van der Waals surface area contributed by atoms with E-state index in [-0.39, 0.29) is 5.82 Å². The molecule has 0 unspecified atom stereocenters. The summed E-state index contributed by atoms with van der Waals surface area (Å²) in [5.41, 5.74) is -0.682. The van der Waals surface area contributed by atoms with E-state index in [1.165, 1.54) is 25.1 Å². The Balaban J connectivity index is 2.04. The van der Waals surface area contributed by atoms with Gasteiger partial charge in [0, 0.05) is 12.7 Å². The molecule has 0 saturated heterocycles. The predicted molar refractivity (Wildman–Crippen MR) is 59.7 cm³/mol. The maximum atomic E-state index is 12.7. The predicted octanol–water partition coefficient (Wildman–Crippen LogP) is 3.70. The van der Waals surface area contributed by atoms with Crippen LogP contribution >= 0.6 is 0 Å². The molecule has 1 aromatic rings. The van der Waals surface area contributed by atoms with E-state index in [4.69, 9.17) is 0 Å². The molecule has 5 heteroatoms. The van der Waals surface area contributed by atoms with E-state index in [9.17, 15) is 13.2 Å². The molecule has 94 valence electrons. The number of pyridine rings is 1. The zero-order valence-electron chi connectivity index (χ0n) is 9.43. The van der Waals surface area contributed by atoms with Gasteiger partial charge in [0.1, 0.15) is 5.82 Å². The number of hydrogen-bond acceptors (Lipinski definition) is 2. The summed E-state index contributed by atoms with van der Waals surface area (Å²) < 4.78 is 38.0. The van der Waals surface area contributed by atoms with Crippen LogP contribution in [0.2, 0.25) is 0 Å². The molecule has 2 nitrogen and oxygen atoms in total. The Bertz CT molecular complexity index is 370. The van der Waals surface area contributed by atoms with E-state index in [1.54, 1.807) is 0 Å². The van der Waals surface area contributed by atoms with Crippen LogP contribution in [-0.2, 0) is 6.18 Å². The standard InChI is InChI=1S/C12H15F3N2/c13-12(14,15)10-6-3-7-16-11(10)17-8-9-4-1-2-5-9/h3,6-7,9H,1-2,4-5,8H2,(H,16,17). The first-order chi connectivity index (χ1) is 8.07. The molecule has 17 heavy (non-hydrogen) atoms. The second-order valence-electron chi connectivity index (χ2n) is 4.43. The Kier molecular flexibility index (Phi) is 3.54. The van der Waals surface area contributed by atoms with E-state index in [1.807, 2.05) is 0 Å². The molecular weight excluding hydrogens is 229 g/mol. The fraction of sp³-hybridized carbons (Fsp3) is 0.583. The number of nitrogens with zero attached hydrogens (tertiary/aromatic N) is 1. The number of nitrogens with one attached hydrogen (secondary N) is 1. The molecule has 1 heterocycles. The van der Waals surface area contributed by atoms with Crippen LogP contribution in [0.4, 0.5) is 19.0 Å². The molecule has 1 aromatic heterocycles. The Morgan fingerprint density at radius 2 is 2.00 bits per heavy atom. The van der Waals surface area contributed by atoms with Gasteiger partial charge in [-0.25, -0.2) is 4.98 Å². The lowest BCUT2D eigenvalue weighted by Gasteiger charge is -2.15. The summed E-state index contributed by atoms with van der Waals surface area (Å²) >= 11 is 0. The maximum Gasteiger partial charge on any atom is 0.419 e. The Morgan fingerprint density at radius 3 is 2.65 bits per heavy atom. The first-order valence-corrected chi connectivity index (χ1v) is 5.83. The van der Waals surface area contributed by atoms with E-state index in [2.05, 4.69) is 10.3 Å². The average Bonchev–Trinajstić information content (AvgIpc) is 2.78. The van der Waals surface area contributed by atoms with Crippen molar-refractivity contribution < 1.29 is 13.2 Å². The third-order valence-corrected chi connectivity index (χ3v) is 3.15. The molecular formula is C12H15F3N2. The Morgan fingerprint density at radius 1 is 1.29 bits per heavy atom. The highest BCUT2D eigenvalue weighted by Crippen LogP contribution is 2.34. The number of anilines is 1. The number of aromatic nitrogens is 1. The van der Waals surface area contributed by atoms with Crippen LogP contribution in [0.15, 0.2) is 18.3 Å². The maximum absolute atomic E-state index is 12.7. The number of halogens is 3. The average molecular weight is 244 g/mol. The third-order valence-electron chi connectivity index (χ3n) is 3.15. The van der Waals surface area contributed by atoms with Crippen molar-refractivity contribution in [3.05, 3.63) is 23.9 Å². The lowest BCUT2D eigenvalue weighted by Crippen LogP contribution is -2.16. The van der Waals surface area contributed by atoms with E-state index in [0.717, 1.165) is 18.9 Å². The number of alkyl halides is 3. The fourth-order valence-corrected chi connectivity index (χ4v) is 2.23. The van der Waals surface area contributed by atoms with Gasteiger partial charge < -0.3 is 5.32 Å². The highest BCUT2D eigenvalue weighted by atomic mass is 19.4. The molecule has 1 fully saturated rings. The molecule has 1 aliphatic carbocycles. The van der Waals surface area contributed by atoms with Gasteiger partial charge in [-0.1, -0.05) is 12.8 Å². The van der Waals surface area contributed by atoms with Gasteiger partial charge in [0.15, 0.2) is 0 Å². The van der Waals surface area contributed by atoms with Crippen LogP contribution < -0.4 is 5.32 Å². The van der Waals surface area contributed by atoms with Gasteiger partial charge in [-0.15, -0.1) is 0 Å².